The lowest BCUT2D eigenvalue weighted by atomic mass is 10.1. The maximum absolute atomic E-state index is 10.6. The van der Waals surface area contributed by atoms with Gasteiger partial charge in [0.25, 0.3) is 0 Å². The number of aromatic carboxylic acids is 1. The Hall–Kier alpha value is -2.18. The number of aliphatic hydroxyl groups is 2. The molecule has 0 spiro atoms. The Labute approximate surface area is 102 Å². The van der Waals surface area contributed by atoms with Crippen LogP contribution in [0, 0.1) is 0 Å². The lowest BCUT2D eigenvalue weighted by molar-refractivity contribution is 0.0686. The van der Waals surface area contributed by atoms with Gasteiger partial charge in [-0.2, -0.15) is 0 Å². The van der Waals surface area contributed by atoms with Crippen molar-refractivity contribution in [1.82, 2.24) is 5.16 Å². The standard InChI is InChI=1S/C12H11NO5/c14-6-10(15)7-1-3-8(4-2-7)11-5-9(12(16)17)13-18-11/h1-5,10,14-15H,6H2,(H,16,17). The number of rotatable bonds is 4. The van der Waals surface area contributed by atoms with Crippen molar-refractivity contribution in [2.45, 2.75) is 6.10 Å². The topological polar surface area (TPSA) is 104 Å². The quantitative estimate of drug-likeness (QED) is 0.748. The fourth-order valence-electron chi connectivity index (χ4n) is 1.49. The number of hydrogen-bond donors (Lipinski definition) is 3. The summed E-state index contributed by atoms with van der Waals surface area (Å²) in [6.07, 6.45) is -0.927. The van der Waals surface area contributed by atoms with E-state index in [1.54, 1.807) is 24.3 Å². The van der Waals surface area contributed by atoms with E-state index < -0.39 is 12.1 Å². The summed E-state index contributed by atoms with van der Waals surface area (Å²) >= 11 is 0. The van der Waals surface area contributed by atoms with Gasteiger partial charge in [-0.3, -0.25) is 0 Å². The zero-order valence-electron chi connectivity index (χ0n) is 9.28. The molecule has 6 nitrogen and oxygen atoms in total. The van der Waals surface area contributed by atoms with Crippen LogP contribution in [-0.2, 0) is 0 Å². The second-order valence-corrected chi connectivity index (χ2v) is 3.70. The van der Waals surface area contributed by atoms with Gasteiger partial charge in [-0.1, -0.05) is 29.4 Å². The summed E-state index contributed by atoms with van der Waals surface area (Å²) in [6.45, 7) is -0.356. The summed E-state index contributed by atoms with van der Waals surface area (Å²) < 4.78 is 4.90. The van der Waals surface area contributed by atoms with Crippen molar-refractivity contribution < 1.29 is 24.6 Å². The van der Waals surface area contributed by atoms with Gasteiger partial charge in [-0.15, -0.1) is 0 Å². The molecule has 0 bridgehead atoms. The number of hydrogen-bond acceptors (Lipinski definition) is 5. The second-order valence-electron chi connectivity index (χ2n) is 3.70. The van der Waals surface area contributed by atoms with E-state index in [-0.39, 0.29) is 12.3 Å². The highest BCUT2D eigenvalue weighted by Crippen LogP contribution is 2.22. The van der Waals surface area contributed by atoms with Gasteiger partial charge in [0.15, 0.2) is 11.5 Å². The van der Waals surface area contributed by atoms with Crippen LogP contribution in [-0.4, -0.2) is 33.1 Å². The Morgan fingerprint density at radius 3 is 2.50 bits per heavy atom. The third-order valence-corrected chi connectivity index (χ3v) is 2.48. The van der Waals surface area contributed by atoms with E-state index in [1.165, 1.54) is 6.07 Å². The number of carboxylic acid groups (broad SMARTS) is 1. The molecule has 0 saturated heterocycles. The van der Waals surface area contributed by atoms with Crippen molar-refractivity contribution in [2.75, 3.05) is 6.61 Å². The predicted octanol–water partition coefficient (Wildman–Crippen LogP) is 1.07. The van der Waals surface area contributed by atoms with E-state index in [1.807, 2.05) is 0 Å². The Morgan fingerprint density at radius 1 is 1.33 bits per heavy atom. The van der Waals surface area contributed by atoms with E-state index in [2.05, 4.69) is 5.16 Å². The summed E-state index contributed by atoms with van der Waals surface area (Å²) in [5.41, 5.74) is 1.05. The average molecular weight is 249 g/mol. The molecule has 3 N–H and O–H groups in total. The summed E-state index contributed by atoms with van der Waals surface area (Å²) in [6, 6.07) is 7.87. The molecule has 18 heavy (non-hydrogen) atoms. The summed E-state index contributed by atoms with van der Waals surface area (Å²) in [4.78, 5) is 10.6. The first-order chi connectivity index (χ1) is 8.61. The molecule has 0 amide bonds. The molecule has 1 aromatic carbocycles. The predicted molar refractivity (Wildman–Crippen MR) is 60.9 cm³/mol. The van der Waals surface area contributed by atoms with E-state index in [9.17, 15) is 9.90 Å². The summed E-state index contributed by atoms with van der Waals surface area (Å²) in [7, 11) is 0. The first-order valence-electron chi connectivity index (χ1n) is 5.21. The van der Waals surface area contributed by atoms with Crippen LogP contribution in [0.1, 0.15) is 22.2 Å². The lowest BCUT2D eigenvalue weighted by Gasteiger charge is -2.07. The fraction of sp³-hybridized carbons (Fsp3) is 0.167. The highest BCUT2D eigenvalue weighted by molar-refractivity contribution is 5.86. The molecule has 1 atom stereocenters. The van der Waals surface area contributed by atoms with E-state index >= 15 is 0 Å². The van der Waals surface area contributed by atoms with Crippen molar-refractivity contribution in [3.8, 4) is 11.3 Å². The SMILES string of the molecule is O=C(O)c1cc(-c2ccc(C(O)CO)cc2)on1. The molecule has 0 aliphatic heterocycles. The zero-order valence-corrected chi connectivity index (χ0v) is 9.28. The normalized spacial score (nSPS) is 12.3. The van der Waals surface area contributed by atoms with Gasteiger partial charge in [-0.25, -0.2) is 4.79 Å². The van der Waals surface area contributed by atoms with Gasteiger partial charge in [0.2, 0.25) is 0 Å². The van der Waals surface area contributed by atoms with Crippen LogP contribution in [0.15, 0.2) is 34.9 Å². The van der Waals surface area contributed by atoms with Gasteiger partial charge in [0.1, 0.15) is 6.10 Å². The van der Waals surface area contributed by atoms with Gasteiger partial charge in [0, 0.05) is 11.6 Å². The molecular weight excluding hydrogens is 238 g/mol. The minimum absolute atomic E-state index is 0.163. The Balaban J connectivity index is 2.25. The van der Waals surface area contributed by atoms with E-state index in [0.29, 0.717) is 16.9 Å². The van der Waals surface area contributed by atoms with Crippen LogP contribution in [0.3, 0.4) is 0 Å². The van der Waals surface area contributed by atoms with Crippen LogP contribution < -0.4 is 0 Å². The molecule has 6 heteroatoms. The summed E-state index contributed by atoms with van der Waals surface area (Å²) in [5, 5.41) is 30.3. The molecular formula is C12H11NO5. The largest absolute Gasteiger partial charge is 0.476 e. The molecule has 1 heterocycles. The van der Waals surface area contributed by atoms with Gasteiger partial charge < -0.3 is 19.8 Å². The maximum Gasteiger partial charge on any atom is 0.358 e. The van der Waals surface area contributed by atoms with Gasteiger partial charge in [-0.05, 0) is 5.56 Å². The molecule has 0 aliphatic carbocycles. The van der Waals surface area contributed by atoms with E-state index in [0.717, 1.165) is 0 Å². The minimum Gasteiger partial charge on any atom is -0.476 e. The smallest absolute Gasteiger partial charge is 0.358 e. The number of nitrogens with zero attached hydrogens (tertiary/aromatic N) is 1. The van der Waals surface area contributed by atoms with Gasteiger partial charge >= 0.3 is 5.97 Å². The van der Waals surface area contributed by atoms with Crippen LogP contribution in [0.25, 0.3) is 11.3 Å². The number of carboxylic acids is 1. The van der Waals surface area contributed by atoms with Crippen molar-refractivity contribution in [2.24, 2.45) is 0 Å². The Bertz CT molecular complexity index is 546. The molecule has 94 valence electrons. The molecule has 0 saturated carbocycles. The highest BCUT2D eigenvalue weighted by Gasteiger charge is 2.12. The zero-order chi connectivity index (χ0) is 13.1. The molecule has 0 aliphatic rings. The van der Waals surface area contributed by atoms with Crippen LogP contribution in [0.2, 0.25) is 0 Å². The Morgan fingerprint density at radius 2 is 2.00 bits per heavy atom. The number of aliphatic hydroxyl groups excluding tert-OH is 2. The Kier molecular flexibility index (Phi) is 3.40. The van der Waals surface area contributed by atoms with Crippen molar-refractivity contribution in [3.63, 3.8) is 0 Å². The first kappa shape index (κ1) is 12.3. The molecule has 2 aromatic rings. The third-order valence-electron chi connectivity index (χ3n) is 2.48. The molecule has 2 rings (SSSR count). The molecule has 1 aromatic heterocycles. The van der Waals surface area contributed by atoms with Crippen molar-refractivity contribution >= 4 is 5.97 Å². The second kappa shape index (κ2) is 4.99. The van der Waals surface area contributed by atoms with Gasteiger partial charge in [0.05, 0.1) is 6.61 Å². The minimum atomic E-state index is -1.16. The fourth-order valence-corrected chi connectivity index (χ4v) is 1.49. The maximum atomic E-state index is 10.6. The number of carbonyl (C=O) groups is 1. The third kappa shape index (κ3) is 2.39. The molecule has 0 radical (unpaired) electrons. The first-order valence-corrected chi connectivity index (χ1v) is 5.21. The number of aromatic nitrogens is 1. The summed E-state index contributed by atoms with van der Waals surface area (Å²) in [5.74, 6) is -0.824. The lowest BCUT2D eigenvalue weighted by Crippen LogP contribution is -2.01. The average Bonchev–Trinajstić information content (AvgIpc) is 2.88. The molecule has 1 unspecified atom stereocenters. The highest BCUT2D eigenvalue weighted by atomic mass is 16.5. The van der Waals surface area contributed by atoms with Crippen LogP contribution >= 0.6 is 0 Å². The van der Waals surface area contributed by atoms with Crippen LogP contribution in [0.4, 0.5) is 0 Å². The van der Waals surface area contributed by atoms with Crippen LogP contribution in [0.5, 0.6) is 0 Å². The number of benzene rings is 1. The van der Waals surface area contributed by atoms with Crippen molar-refractivity contribution in [1.29, 1.82) is 0 Å². The van der Waals surface area contributed by atoms with E-state index in [4.69, 9.17) is 14.7 Å². The monoisotopic (exact) mass is 249 g/mol. The molecule has 0 fully saturated rings. The van der Waals surface area contributed by atoms with Crippen molar-refractivity contribution in [3.05, 3.63) is 41.6 Å².